The van der Waals surface area contributed by atoms with Gasteiger partial charge in [-0.1, -0.05) is 0 Å². The van der Waals surface area contributed by atoms with Crippen molar-refractivity contribution in [3.05, 3.63) is 12.4 Å². The van der Waals surface area contributed by atoms with Crippen molar-refractivity contribution in [2.75, 3.05) is 37.8 Å². The summed E-state index contributed by atoms with van der Waals surface area (Å²) in [6.07, 6.45) is 7.08. The van der Waals surface area contributed by atoms with E-state index in [0.717, 1.165) is 36.6 Å². The molecule has 2 aliphatic carbocycles. The second-order valence-electron chi connectivity index (χ2n) is 6.36. The maximum atomic E-state index is 4.31. The highest BCUT2D eigenvalue weighted by molar-refractivity contribution is 5.46. The highest BCUT2D eigenvalue weighted by Gasteiger charge is 2.32. The number of aromatic nitrogens is 2. The molecule has 0 aliphatic heterocycles. The molecule has 1 aromatic rings. The molecule has 1 heterocycles. The Morgan fingerprint density at radius 2 is 1.85 bits per heavy atom. The fourth-order valence-electron chi connectivity index (χ4n) is 2.58. The molecule has 2 saturated carbocycles. The molecule has 0 radical (unpaired) electrons. The summed E-state index contributed by atoms with van der Waals surface area (Å²) >= 11 is 0. The Labute approximate surface area is 121 Å². The predicted octanol–water partition coefficient (Wildman–Crippen LogP) is 2.05. The topological polar surface area (TPSA) is 53.1 Å². The summed E-state index contributed by atoms with van der Waals surface area (Å²) in [7, 11) is 4.32. The number of nitrogens with one attached hydrogen (secondary N) is 2. The highest BCUT2D eigenvalue weighted by Crippen LogP contribution is 2.34. The van der Waals surface area contributed by atoms with Crippen LogP contribution in [0.5, 0.6) is 0 Å². The van der Waals surface area contributed by atoms with Crippen molar-refractivity contribution in [3.63, 3.8) is 0 Å². The van der Waals surface area contributed by atoms with Crippen LogP contribution in [0.3, 0.4) is 0 Å². The van der Waals surface area contributed by atoms with E-state index in [4.69, 9.17) is 0 Å². The minimum absolute atomic E-state index is 0.604. The van der Waals surface area contributed by atoms with Crippen molar-refractivity contribution < 1.29 is 0 Å². The van der Waals surface area contributed by atoms with Gasteiger partial charge >= 0.3 is 0 Å². The lowest BCUT2D eigenvalue weighted by molar-refractivity contribution is 0.276. The Hall–Kier alpha value is -1.36. The van der Waals surface area contributed by atoms with E-state index < -0.39 is 0 Å². The predicted molar refractivity (Wildman–Crippen MR) is 81.9 cm³/mol. The summed E-state index contributed by atoms with van der Waals surface area (Å²) in [6, 6.07) is 2.62. The van der Waals surface area contributed by atoms with Crippen LogP contribution >= 0.6 is 0 Å². The van der Waals surface area contributed by atoms with E-state index in [1.54, 1.807) is 6.33 Å². The molecule has 2 aliphatic rings. The van der Waals surface area contributed by atoms with E-state index in [9.17, 15) is 0 Å². The molecule has 0 aromatic carbocycles. The van der Waals surface area contributed by atoms with E-state index >= 15 is 0 Å². The number of hydrogen-bond acceptors (Lipinski definition) is 5. The third kappa shape index (κ3) is 3.82. The van der Waals surface area contributed by atoms with Gasteiger partial charge in [-0.3, -0.25) is 0 Å². The average molecular weight is 275 g/mol. The number of anilines is 2. The first-order chi connectivity index (χ1) is 9.72. The fraction of sp³-hybridized carbons (Fsp3) is 0.733. The van der Waals surface area contributed by atoms with Crippen LogP contribution in [0.1, 0.15) is 25.7 Å². The third-order valence-electron chi connectivity index (χ3n) is 4.26. The van der Waals surface area contributed by atoms with Crippen LogP contribution in [-0.2, 0) is 0 Å². The molecule has 1 unspecified atom stereocenters. The molecular weight excluding hydrogens is 250 g/mol. The van der Waals surface area contributed by atoms with E-state index in [1.807, 2.05) is 6.07 Å². The molecule has 110 valence electrons. The van der Waals surface area contributed by atoms with Crippen LogP contribution in [0.25, 0.3) is 0 Å². The van der Waals surface area contributed by atoms with Gasteiger partial charge in [0.15, 0.2) is 0 Å². The van der Waals surface area contributed by atoms with Crippen molar-refractivity contribution in [1.29, 1.82) is 0 Å². The van der Waals surface area contributed by atoms with Gasteiger partial charge < -0.3 is 15.5 Å². The molecule has 5 heteroatoms. The van der Waals surface area contributed by atoms with Gasteiger partial charge in [0.25, 0.3) is 0 Å². The lowest BCUT2D eigenvalue weighted by Crippen LogP contribution is -2.36. The first-order valence-corrected chi connectivity index (χ1v) is 7.68. The third-order valence-corrected chi connectivity index (χ3v) is 4.26. The van der Waals surface area contributed by atoms with Gasteiger partial charge in [0, 0.05) is 25.2 Å². The van der Waals surface area contributed by atoms with Crippen molar-refractivity contribution in [3.8, 4) is 0 Å². The molecule has 0 saturated heterocycles. The van der Waals surface area contributed by atoms with E-state index in [0.29, 0.717) is 6.04 Å². The van der Waals surface area contributed by atoms with Crippen LogP contribution in [0.2, 0.25) is 0 Å². The molecule has 2 fully saturated rings. The summed E-state index contributed by atoms with van der Waals surface area (Å²) in [6.45, 7) is 2.00. The van der Waals surface area contributed by atoms with Crippen LogP contribution in [0.4, 0.5) is 11.6 Å². The van der Waals surface area contributed by atoms with Crippen LogP contribution in [0.15, 0.2) is 12.4 Å². The van der Waals surface area contributed by atoms with Crippen molar-refractivity contribution in [1.82, 2.24) is 14.9 Å². The Morgan fingerprint density at radius 1 is 1.15 bits per heavy atom. The van der Waals surface area contributed by atoms with Gasteiger partial charge in [-0.25, -0.2) is 9.97 Å². The lowest BCUT2D eigenvalue weighted by Gasteiger charge is -2.24. The lowest BCUT2D eigenvalue weighted by atomic mass is 10.1. The minimum atomic E-state index is 0.604. The minimum Gasteiger partial charge on any atom is -0.370 e. The number of nitrogens with zero attached hydrogens (tertiary/aromatic N) is 3. The summed E-state index contributed by atoms with van der Waals surface area (Å²) in [5.41, 5.74) is 0. The molecule has 3 rings (SSSR count). The molecule has 0 spiro atoms. The maximum Gasteiger partial charge on any atom is 0.131 e. The molecule has 0 amide bonds. The normalized spacial score (nSPS) is 19.9. The van der Waals surface area contributed by atoms with Crippen LogP contribution in [-0.4, -0.2) is 48.1 Å². The van der Waals surface area contributed by atoms with Gasteiger partial charge in [-0.2, -0.15) is 0 Å². The smallest absolute Gasteiger partial charge is 0.131 e. The summed E-state index contributed by atoms with van der Waals surface area (Å²) in [5, 5.41) is 6.85. The van der Waals surface area contributed by atoms with Crippen LogP contribution < -0.4 is 10.6 Å². The summed E-state index contributed by atoms with van der Waals surface area (Å²) in [4.78, 5) is 10.9. The van der Waals surface area contributed by atoms with Crippen LogP contribution in [0, 0.1) is 11.8 Å². The largest absolute Gasteiger partial charge is 0.370 e. The molecule has 20 heavy (non-hydrogen) atoms. The second kappa shape index (κ2) is 5.95. The Kier molecular flexibility index (Phi) is 4.05. The molecule has 5 nitrogen and oxygen atoms in total. The molecule has 1 atom stereocenters. The SMILES string of the molecule is CN(C)C(CNc1cc(NCC2CC2)ncn1)C1CC1. The standard InChI is InChI=1S/C15H25N5/c1-20(2)13(12-5-6-12)9-17-15-7-14(18-10-19-15)16-8-11-3-4-11/h7,10-13H,3-6,8-9H2,1-2H3,(H2,16,17,18,19). The average Bonchev–Trinajstić information content (AvgIpc) is 3.30. The zero-order chi connectivity index (χ0) is 13.9. The first kappa shape index (κ1) is 13.6. The first-order valence-electron chi connectivity index (χ1n) is 7.68. The zero-order valence-electron chi connectivity index (χ0n) is 12.5. The van der Waals surface area contributed by atoms with Gasteiger partial charge in [0.1, 0.15) is 18.0 Å². The molecule has 2 N–H and O–H groups in total. The molecule has 0 bridgehead atoms. The van der Waals surface area contributed by atoms with Gasteiger partial charge in [0.05, 0.1) is 0 Å². The highest BCUT2D eigenvalue weighted by atomic mass is 15.1. The van der Waals surface area contributed by atoms with Gasteiger partial charge in [0.2, 0.25) is 0 Å². The summed E-state index contributed by atoms with van der Waals surface area (Å²) in [5.74, 6) is 3.56. The zero-order valence-corrected chi connectivity index (χ0v) is 12.5. The second-order valence-corrected chi connectivity index (χ2v) is 6.36. The van der Waals surface area contributed by atoms with Crippen molar-refractivity contribution in [2.45, 2.75) is 31.7 Å². The van der Waals surface area contributed by atoms with Gasteiger partial charge in [-0.05, 0) is 51.6 Å². The summed E-state index contributed by atoms with van der Waals surface area (Å²) < 4.78 is 0. The van der Waals surface area contributed by atoms with E-state index in [1.165, 1.54) is 25.7 Å². The quantitative estimate of drug-likeness (QED) is 0.760. The fourth-order valence-corrected chi connectivity index (χ4v) is 2.58. The van der Waals surface area contributed by atoms with Gasteiger partial charge in [-0.15, -0.1) is 0 Å². The maximum absolute atomic E-state index is 4.31. The number of hydrogen-bond donors (Lipinski definition) is 2. The number of likely N-dealkylation sites (N-methyl/N-ethyl adjacent to an activating group) is 1. The Bertz CT molecular complexity index is 438. The monoisotopic (exact) mass is 275 g/mol. The van der Waals surface area contributed by atoms with Crippen molar-refractivity contribution in [2.24, 2.45) is 11.8 Å². The van der Waals surface area contributed by atoms with Crippen molar-refractivity contribution >= 4 is 11.6 Å². The molecular formula is C15H25N5. The Balaban J connectivity index is 1.51. The number of rotatable bonds is 8. The van der Waals surface area contributed by atoms with E-state index in [-0.39, 0.29) is 0 Å². The Morgan fingerprint density at radius 3 is 2.45 bits per heavy atom. The van der Waals surface area contributed by atoms with E-state index in [2.05, 4.69) is 39.6 Å². The molecule has 1 aromatic heterocycles.